The van der Waals surface area contributed by atoms with Gasteiger partial charge in [0.1, 0.15) is 11.6 Å². The van der Waals surface area contributed by atoms with Gasteiger partial charge in [0.2, 0.25) is 0 Å². The predicted octanol–water partition coefficient (Wildman–Crippen LogP) is 1.58. The van der Waals surface area contributed by atoms with E-state index in [1.807, 2.05) is 0 Å². The van der Waals surface area contributed by atoms with Crippen LogP contribution in [-0.4, -0.2) is 49.9 Å². The van der Waals surface area contributed by atoms with Crippen LogP contribution in [-0.2, 0) is 0 Å². The lowest BCUT2D eigenvalue weighted by atomic mass is 10.0. The summed E-state index contributed by atoms with van der Waals surface area (Å²) < 4.78 is 19.2. The Labute approximate surface area is 125 Å². The normalized spacial score (nSPS) is 17.4. The molecule has 1 aliphatic heterocycles. The van der Waals surface area contributed by atoms with Gasteiger partial charge in [-0.05, 0) is 12.5 Å². The molecule has 0 aliphatic carbocycles. The fraction of sp³-hybridized carbons (Fsp3) is 0.571. The van der Waals surface area contributed by atoms with E-state index in [2.05, 4.69) is 10.2 Å². The molecule has 20 heavy (non-hydrogen) atoms. The van der Waals surface area contributed by atoms with Crippen LogP contribution in [0.15, 0.2) is 18.2 Å². The number of piperazine rings is 1. The van der Waals surface area contributed by atoms with E-state index < -0.39 is 0 Å². The number of benzene rings is 1. The van der Waals surface area contributed by atoms with E-state index >= 15 is 0 Å². The summed E-state index contributed by atoms with van der Waals surface area (Å²) in [4.78, 5) is 2.22. The third-order valence-corrected chi connectivity index (χ3v) is 3.56. The standard InChI is InChI=1S/C14H21FN2O2.ClH/c1-19-11-2-3-12(13(15)10-11)14(4-9-18)17-7-5-16-6-8-17;/h2-3,10,14,16,18H,4-9H2,1H3;1H/t14-;/m0./s1. The Morgan fingerprint density at radius 2 is 2.10 bits per heavy atom. The Morgan fingerprint density at radius 1 is 1.40 bits per heavy atom. The molecule has 0 saturated carbocycles. The largest absolute Gasteiger partial charge is 0.497 e. The summed E-state index contributed by atoms with van der Waals surface area (Å²) in [6.07, 6.45) is 0.545. The molecule has 1 aliphatic rings. The SMILES string of the molecule is COc1ccc([C@H](CCO)N2CCNCC2)c(F)c1.Cl. The van der Waals surface area contributed by atoms with E-state index in [1.54, 1.807) is 12.1 Å². The maximum absolute atomic E-state index is 14.2. The number of nitrogens with zero attached hydrogens (tertiary/aromatic N) is 1. The first-order chi connectivity index (χ1) is 9.26. The van der Waals surface area contributed by atoms with E-state index in [1.165, 1.54) is 13.2 Å². The molecule has 0 bridgehead atoms. The molecule has 1 heterocycles. The van der Waals surface area contributed by atoms with Gasteiger partial charge in [0.15, 0.2) is 0 Å². The number of nitrogens with one attached hydrogen (secondary N) is 1. The summed E-state index contributed by atoms with van der Waals surface area (Å²) in [6.45, 7) is 3.60. The molecule has 1 fully saturated rings. The minimum atomic E-state index is -0.267. The summed E-state index contributed by atoms with van der Waals surface area (Å²) in [5.41, 5.74) is 0.636. The molecule has 114 valence electrons. The lowest BCUT2D eigenvalue weighted by molar-refractivity contribution is 0.138. The van der Waals surface area contributed by atoms with Crippen LogP contribution < -0.4 is 10.1 Å². The molecular weight excluding hydrogens is 283 g/mol. The zero-order valence-electron chi connectivity index (χ0n) is 11.6. The van der Waals surface area contributed by atoms with Gasteiger partial charge in [-0.15, -0.1) is 12.4 Å². The first kappa shape index (κ1) is 17.2. The summed E-state index contributed by atoms with van der Waals surface area (Å²) in [6, 6.07) is 4.86. The minimum absolute atomic E-state index is 0. The van der Waals surface area contributed by atoms with Crippen molar-refractivity contribution in [3.05, 3.63) is 29.6 Å². The topological polar surface area (TPSA) is 44.7 Å². The minimum Gasteiger partial charge on any atom is -0.497 e. The molecule has 0 amide bonds. The van der Waals surface area contributed by atoms with Crippen LogP contribution in [0.4, 0.5) is 4.39 Å². The highest BCUT2D eigenvalue weighted by atomic mass is 35.5. The number of hydrogen-bond donors (Lipinski definition) is 2. The van der Waals surface area contributed by atoms with Crippen molar-refractivity contribution in [3.63, 3.8) is 0 Å². The number of hydrogen-bond acceptors (Lipinski definition) is 4. The van der Waals surface area contributed by atoms with Crippen molar-refractivity contribution in [2.24, 2.45) is 0 Å². The van der Waals surface area contributed by atoms with Crippen LogP contribution in [0.25, 0.3) is 0 Å². The zero-order chi connectivity index (χ0) is 13.7. The van der Waals surface area contributed by atoms with Gasteiger partial charge in [-0.1, -0.05) is 6.07 Å². The van der Waals surface area contributed by atoms with Crippen LogP contribution >= 0.6 is 12.4 Å². The third kappa shape index (κ3) is 4.06. The Morgan fingerprint density at radius 3 is 2.65 bits per heavy atom. The Balaban J connectivity index is 0.00000200. The maximum Gasteiger partial charge on any atom is 0.131 e. The monoisotopic (exact) mass is 304 g/mol. The molecule has 1 atom stereocenters. The highest BCUT2D eigenvalue weighted by Crippen LogP contribution is 2.29. The number of methoxy groups -OCH3 is 1. The van der Waals surface area contributed by atoms with Crippen LogP contribution in [0, 0.1) is 5.82 Å². The molecule has 0 unspecified atom stereocenters. The number of ether oxygens (including phenoxy) is 1. The molecule has 2 rings (SSSR count). The maximum atomic E-state index is 14.2. The molecule has 1 aromatic rings. The Hall–Kier alpha value is -0.880. The molecule has 0 radical (unpaired) electrons. The van der Waals surface area contributed by atoms with Crippen LogP contribution in [0.3, 0.4) is 0 Å². The van der Waals surface area contributed by atoms with Crippen molar-refractivity contribution in [2.75, 3.05) is 39.9 Å². The Bertz CT molecular complexity index is 414. The summed E-state index contributed by atoms with van der Waals surface area (Å²) >= 11 is 0. The van der Waals surface area contributed by atoms with Crippen LogP contribution in [0.2, 0.25) is 0 Å². The zero-order valence-corrected chi connectivity index (χ0v) is 12.5. The van der Waals surface area contributed by atoms with Crippen LogP contribution in [0.1, 0.15) is 18.0 Å². The lowest BCUT2D eigenvalue weighted by Crippen LogP contribution is -2.45. The number of aliphatic hydroxyl groups is 1. The molecule has 0 aromatic heterocycles. The highest BCUT2D eigenvalue weighted by Gasteiger charge is 2.24. The van der Waals surface area contributed by atoms with Crippen molar-refractivity contribution >= 4 is 12.4 Å². The summed E-state index contributed by atoms with van der Waals surface area (Å²) in [7, 11) is 1.52. The molecule has 1 aromatic carbocycles. The fourth-order valence-electron chi connectivity index (χ4n) is 2.56. The van der Waals surface area contributed by atoms with Crippen molar-refractivity contribution in [2.45, 2.75) is 12.5 Å². The van der Waals surface area contributed by atoms with Gasteiger partial charge in [0.25, 0.3) is 0 Å². The molecule has 1 saturated heterocycles. The second-order valence-electron chi connectivity index (χ2n) is 4.70. The first-order valence-electron chi connectivity index (χ1n) is 6.65. The number of rotatable bonds is 5. The quantitative estimate of drug-likeness (QED) is 0.867. The summed E-state index contributed by atoms with van der Waals surface area (Å²) in [5, 5.41) is 12.5. The van der Waals surface area contributed by atoms with Gasteiger partial charge in [-0.2, -0.15) is 0 Å². The molecule has 6 heteroatoms. The second-order valence-corrected chi connectivity index (χ2v) is 4.70. The first-order valence-corrected chi connectivity index (χ1v) is 6.65. The smallest absolute Gasteiger partial charge is 0.131 e. The van der Waals surface area contributed by atoms with Crippen molar-refractivity contribution in [1.29, 1.82) is 0 Å². The number of aliphatic hydroxyl groups excluding tert-OH is 1. The van der Waals surface area contributed by atoms with Gasteiger partial charge in [0, 0.05) is 50.5 Å². The van der Waals surface area contributed by atoms with Gasteiger partial charge in [-0.3, -0.25) is 4.90 Å². The van der Waals surface area contributed by atoms with Crippen molar-refractivity contribution < 1.29 is 14.2 Å². The average Bonchev–Trinajstić information content (AvgIpc) is 2.46. The van der Waals surface area contributed by atoms with Crippen molar-refractivity contribution in [1.82, 2.24) is 10.2 Å². The fourth-order valence-corrected chi connectivity index (χ4v) is 2.56. The molecule has 0 spiro atoms. The second kappa shape index (κ2) is 8.42. The van der Waals surface area contributed by atoms with Gasteiger partial charge >= 0.3 is 0 Å². The summed E-state index contributed by atoms with van der Waals surface area (Å²) in [5.74, 6) is 0.251. The van der Waals surface area contributed by atoms with E-state index in [-0.39, 0.29) is 30.9 Å². The van der Waals surface area contributed by atoms with E-state index in [0.29, 0.717) is 17.7 Å². The van der Waals surface area contributed by atoms with E-state index in [4.69, 9.17) is 4.74 Å². The van der Waals surface area contributed by atoms with Gasteiger partial charge in [0.05, 0.1) is 7.11 Å². The van der Waals surface area contributed by atoms with Gasteiger partial charge < -0.3 is 15.2 Å². The van der Waals surface area contributed by atoms with Crippen molar-refractivity contribution in [3.8, 4) is 5.75 Å². The number of halogens is 2. The molecule has 2 N–H and O–H groups in total. The van der Waals surface area contributed by atoms with E-state index in [0.717, 1.165) is 26.2 Å². The Kier molecular flexibility index (Phi) is 7.23. The van der Waals surface area contributed by atoms with E-state index in [9.17, 15) is 9.50 Å². The van der Waals surface area contributed by atoms with Gasteiger partial charge in [-0.25, -0.2) is 4.39 Å². The molecular formula is C14H22ClFN2O2. The molecule has 4 nitrogen and oxygen atoms in total. The third-order valence-electron chi connectivity index (χ3n) is 3.56. The predicted molar refractivity (Wildman–Crippen MR) is 79.1 cm³/mol. The van der Waals surface area contributed by atoms with Crippen LogP contribution in [0.5, 0.6) is 5.75 Å². The average molecular weight is 305 g/mol. The highest BCUT2D eigenvalue weighted by molar-refractivity contribution is 5.85. The lowest BCUT2D eigenvalue weighted by Gasteiger charge is -2.35.